The number of furan rings is 1. The molecule has 1 atom stereocenters. The average molecular weight is 482 g/mol. The van der Waals surface area contributed by atoms with E-state index in [1.165, 1.54) is 11.2 Å². The Morgan fingerprint density at radius 3 is 2.47 bits per heavy atom. The molecule has 0 radical (unpaired) electrons. The number of hydrogen-bond donors (Lipinski definition) is 1. The number of benzene rings is 3. The van der Waals surface area contributed by atoms with Gasteiger partial charge in [-0.05, 0) is 59.7 Å². The van der Waals surface area contributed by atoms with Gasteiger partial charge in [0.1, 0.15) is 23.3 Å². The van der Waals surface area contributed by atoms with Crippen molar-refractivity contribution in [2.45, 2.75) is 32.7 Å². The van der Waals surface area contributed by atoms with E-state index >= 15 is 0 Å². The molecule has 1 N–H and O–H groups in total. The van der Waals surface area contributed by atoms with Crippen LogP contribution in [0.2, 0.25) is 0 Å². The number of anilines is 1. The zero-order valence-corrected chi connectivity index (χ0v) is 20.6. The van der Waals surface area contributed by atoms with Gasteiger partial charge in [-0.25, -0.2) is 0 Å². The molecule has 2 heterocycles. The molecule has 0 saturated carbocycles. The number of rotatable bonds is 5. The minimum Gasteiger partial charge on any atom is -0.507 e. The summed E-state index contributed by atoms with van der Waals surface area (Å²) in [6, 6.07) is 19.4. The molecule has 0 spiro atoms. The van der Waals surface area contributed by atoms with Gasteiger partial charge in [-0.2, -0.15) is 0 Å². The van der Waals surface area contributed by atoms with E-state index in [1.807, 2.05) is 69.3 Å². The fourth-order valence-electron chi connectivity index (χ4n) is 4.94. The Morgan fingerprint density at radius 2 is 1.78 bits per heavy atom. The van der Waals surface area contributed by atoms with Crippen LogP contribution in [0.25, 0.3) is 16.5 Å². The lowest BCUT2D eigenvalue weighted by Gasteiger charge is -2.25. The standard InChI is InChI=1S/C30H27NO5/c1-17(2)21-16-22(18(3)15-25(21)35-4)28(32)26-27(24-13-8-14-36-24)31(30(34)29(26)33)23-12-7-10-19-9-5-6-11-20(19)23/h5-17,27,32H,1-4H3/b28-26+. The molecule has 1 unspecified atom stereocenters. The van der Waals surface area contributed by atoms with Crippen LogP contribution in [-0.2, 0) is 9.59 Å². The van der Waals surface area contributed by atoms with Gasteiger partial charge in [-0.15, -0.1) is 0 Å². The number of nitrogens with zero attached hydrogens (tertiary/aromatic N) is 1. The summed E-state index contributed by atoms with van der Waals surface area (Å²) in [5.41, 5.74) is 2.66. The van der Waals surface area contributed by atoms with Crippen molar-refractivity contribution >= 4 is 33.9 Å². The number of carbonyl (C=O) groups excluding carboxylic acids is 2. The minimum atomic E-state index is -0.921. The Morgan fingerprint density at radius 1 is 1.03 bits per heavy atom. The van der Waals surface area contributed by atoms with Gasteiger partial charge in [0.15, 0.2) is 0 Å². The van der Waals surface area contributed by atoms with Crippen LogP contribution < -0.4 is 9.64 Å². The number of aryl methyl sites for hydroxylation is 1. The maximum absolute atomic E-state index is 13.5. The van der Waals surface area contributed by atoms with Crippen molar-refractivity contribution in [3.8, 4) is 5.75 Å². The Hall–Kier alpha value is -4.32. The van der Waals surface area contributed by atoms with Crippen molar-refractivity contribution in [1.29, 1.82) is 0 Å². The number of Topliss-reactive ketones (excluding diaryl/α,β-unsaturated/α-hetero) is 1. The Bertz CT molecular complexity index is 1510. The summed E-state index contributed by atoms with van der Waals surface area (Å²) in [6.07, 6.45) is 1.49. The highest BCUT2D eigenvalue weighted by atomic mass is 16.5. The molecule has 3 aromatic carbocycles. The topological polar surface area (TPSA) is 80.0 Å². The Labute approximate surface area is 209 Å². The molecule has 1 aliphatic rings. The smallest absolute Gasteiger partial charge is 0.300 e. The number of fused-ring (bicyclic) bond motifs is 1. The fourth-order valence-corrected chi connectivity index (χ4v) is 4.94. The SMILES string of the molecule is COc1cc(C)c(/C(O)=C2\C(=O)C(=O)N(c3cccc4ccccc34)C2c2ccco2)cc1C(C)C. The van der Waals surface area contributed by atoms with E-state index in [-0.39, 0.29) is 17.3 Å². The third kappa shape index (κ3) is 3.66. The number of ether oxygens (including phenoxy) is 1. The summed E-state index contributed by atoms with van der Waals surface area (Å²) in [5, 5.41) is 13.4. The number of hydrogen-bond acceptors (Lipinski definition) is 5. The zero-order chi connectivity index (χ0) is 25.6. The van der Waals surface area contributed by atoms with Crippen LogP contribution in [-0.4, -0.2) is 23.9 Å². The summed E-state index contributed by atoms with van der Waals surface area (Å²) >= 11 is 0. The lowest BCUT2D eigenvalue weighted by molar-refractivity contribution is -0.132. The van der Waals surface area contributed by atoms with Gasteiger partial charge >= 0.3 is 0 Å². The van der Waals surface area contributed by atoms with Crippen molar-refractivity contribution in [1.82, 2.24) is 0 Å². The van der Waals surface area contributed by atoms with Gasteiger partial charge in [0.25, 0.3) is 11.7 Å². The molecule has 1 fully saturated rings. The summed E-state index contributed by atoms with van der Waals surface area (Å²) in [4.78, 5) is 28.5. The van der Waals surface area contributed by atoms with Crippen molar-refractivity contribution in [3.63, 3.8) is 0 Å². The van der Waals surface area contributed by atoms with E-state index < -0.39 is 17.7 Å². The van der Waals surface area contributed by atoms with E-state index in [0.717, 1.165) is 21.9 Å². The number of aliphatic hydroxyl groups excluding tert-OH is 1. The summed E-state index contributed by atoms with van der Waals surface area (Å²) < 4.78 is 11.3. The van der Waals surface area contributed by atoms with Gasteiger partial charge < -0.3 is 14.3 Å². The number of aliphatic hydroxyl groups is 1. The Kier molecular flexibility index (Phi) is 5.88. The highest BCUT2D eigenvalue weighted by Crippen LogP contribution is 2.45. The normalized spacial score (nSPS) is 17.4. The van der Waals surface area contributed by atoms with Gasteiger partial charge in [-0.1, -0.05) is 50.2 Å². The van der Waals surface area contributed by atoms with Crippen molar-refractivity contribution in [2.75, 3.05) is 12.0 Å². The first-order valence-corrected chi connectivity index (χ1v) is 11.8. The molecule has 1 aromatic heterocycles. The number of amides is 1. The second-order valence-electron chi connectivity index (χ2n) is 9.25. The summed E-state index contributed by atoms with van der Waals surface area (Å²) in [7, 11) is 1.60. The lowest BCUT2D eigenvalue weighted by atomic mass is 9.92. The lowest BCUT2D eigenvalue weighted by Crippen LogP contribution is -2.29. The van der Waals surface area contributed by atoms with Crippen LogP contribution in [0.15, 0.2) is 83.0 Å². The monoisotopic (exact) mass is 481 g/mol. The molecular weight excluding hydrogens is 454 g/mol. The molecule has 1 amide bonds. The van der Waals surface area contributed by atoms with Gasteiger partial charge in [0, 0.05) is 10.9 Å². The molecular formula is C30H27NO5. The molecule has 0 bridgehead atoms. The molecule has 5 rings (SSSR count). The van der Waals surface area contributed by atoms with Crippen molar-refractivity contribution < 1.29 is 23.8 Å². The van der Waals surface area contributed by atoms with E-state index in [2.05, 4.69) is 0 Å². The third-order valence-electron chi connectivity index (χ3n) is 6.74. The highest BCUT2D eigenvalue weighted by Gasteiger charge is 2.48. The first kappa shape index (κ1) is 23.4. The Balaban J connectivity index is 1.77. The van der Waals surface area contributed by atoms with E-state index in [1.54, 1.807) is 25.3 Å². The molecule has 1 aliphatic heterocycles. The first-order valence-electron chi connectivity index (χ1n) is 11.8. The predicted octanol–water partition coefficient (Wildman–Crippen LogP) is 6.50. The highest BCUT2D eigenvalue weighted by molar-refractivity contribution is 6.52. The van der Waals surface area contributed by atoms with E-state index in [0.29, 0.717) is 22.8 Å². The van der Waals surface area contributed by atoms with Crippen LogP contribution in [0.4, 0.5) is 5.69 Å². The molecule has 6 heteroatoms. The van der Waals surface area contributed by atoms with Crippen molar-refractivity contribution in [2.24, 2.45) is 0 Å². The zero-order valence-electron chi connectivity index (χ0n) is 20.6. The largest absolute Gasteiger partial charge is 0.507 e. The van der Waals surface area contributed by atoms with Crippen LogP contribution in [0.1, 0.15) is 48.3 Å². The van der Waals surface area contributed by atoms with Gasteiger partial charge in [0.2, 0.25) is 0 Å². The van der Waals surface area contributed by atoms with Crippen LogP contribution >= 0.6 is 0 Å². The van der Waals surface area contributed by atoms with Crippen LogP contribution in [0.3, 0.4) is 0 Å². The number of carbonyl (C=O) groups is 2. The average Bonchev–Trinajstić information content (AvgIpc) is 3.49. The summed E-state index contributed by atoms with van der Waals surface area (Å²) in [6.45, 7) is 5.89. The van der Waals surface area contributed by atoms with Crippen LogP contribution in [0, 0.1) is 6.92 Å². The minimum absolute atomic E-state index is 0.00847. The molecule has 0 aliphatic carbocycles. The van der Waals surface area contributed by atoms with Gasteiger partial charge in [-0.3, -0.25) is 14.5 Å². The first-order chi connectivity index (χ1) is 17.3. The van der Waals surface area contributed by atoms with Gasteiger partial charge in [0.05, 0.1) is 24.6 Å². The maximum atomic E-state index is 13.5. The number of methoxy groups -OCH3 is 1. The second-order valence-corrected chi connectivity index (χ2v) is 9.25. The molecule has 182 valence electrons. The molecule has 6 nitrogen and oxygen atoms in total. The summed E-state index contributed by atoms with van der Waals surface area (Å²) in [5.74, 6) is -0.505. The maximum Gasteiger partial charge on any atom is 0.300 e. The van der Waals surface area contributed by atoms with E-state index in [9.17, 15) is 14.7 Å². The predicted molar refractivity (Wildman–Crippen MR) is 139 cm³/mol. The second kappa shape index (κ2) is 9.04. The quantitative estimate of drug-likeness (QED) is 0.200. The molecule has 36 heavy (non-hydrogen) atoms. The fraction of sp³-hybridized carbons (Fsp3) is 0.200. The third-order valence-corrected chi connectivity index (χ3v) is 6.74. The van der Waals surface area contributed by atoms with Crippen molar-refractivity contribution in [3.05, 3.63) is 101 Å². The molecule has 1 saturated heterocycles. The van der Waals surface area contributed by atoms with E-state index in [4.69, 9.17) is 9.15 Å². The molecule has 4 aromatic rings. The van der Waals surface area contributed by atoms with Crippen LogP contribution in [0.5, 0.6) is 5.75 Å². The number of ketones is 1.